The molecule has 0 radical (unpaired) electrons. The molecule has 0 amide bonds. The smallest absolute Gasteiger partial charge is 0.374 e. The minimum atomic E-state index is -2.39. The van der Waals surface area contributed by atoms with Gasteiger partial charge in [-0.05, 0) is 39.5 Å². The van der Waals surface area contributed by atoms with Crippen molar-refractivity contribution < 1.29 is 13.3 Å². The topological polar surface area (TPSA) is 27.7 Å². The zero-order valence-corrected chi connectivity index (χ0v) is 13.5. The van der Waals surface area contributed by atoms with Crippen molar-refractivity contribution in [2.45, 2.75) is 65.3 Å². The Kier molecular flexibility index (Phi) is 7.45. The molecule has 0 aromatic carbocycles. The fourth-order valence-corrected chi connectivity index (χ4v) is 6.24. The van der Waals surface area contributed by atoms with Gasteiger partial charge in [0.2, 0.25) is 0 Å². The average Bonchev–Trinajstić information content (AvgIpc) is 2.28. The highest BCUT2D eigenvalue weighted by atomic mass is 28.4. The van der Waals surface area contributed by atoms with Gasteiger partial charge < -0.3 is 13.3 Å². The van der Waals surface area contributed by atoms with Crippen LogP contribution in [-0.2, 0) is 13.3 Å². The first-order valence-corrected chi connectivity index (χ1v) is 9.44. The Labute approximate surface area is 114 Å². The predicted molar refractivity (Wildman–Crippen MR) is 76.6 cm³/mol. The molecule has 0 spiro atoms. The average molecular weight is 274 g/mol. The molecule has 0 heterocycles. The maximum atomic E-state index is 5.96. The summed E-state index contributed by atoms with van der Waals surface area (Å²) < 4.78 is 17.9. The van der Waals surface area contributed by atoms with Crippen LogP contribution in [0.4, 0.5) is 0 Å². The summed E-state index contributed by atoms with van der Waals surface area (Å²) in [7, 11) is -2.39. The van der Waals surface area contributed by atoms with Crippen LogP contribution in [0.1, 0.15) is 59.8 Å². The molecule has 0 N–H and O–H groups in total. The normalized spacial score (nSPS) is 24.0. The van der Waals surface area contributed by atoms with E-state index in [0.29, 0.717) is 25.4 Å². The Balaban J connectivity index is 2.50. The number of unbranched alkanes of at least 4 members (excludes halogenated alkanes) is 1. The number of hydrogen-bond donors (Lipinski definition) is 0. The minimum Gasteiger partial charge on any atom is -0.374 e. The molecule has 0 atom stereocenters. The predicted octanol–water partition coefficient (Wildman–Crippen LogP) is 4.01. The lowest BCUT2D eigenvalue weighted by atomic mass is 9.81. The van der Waals surface area contributed by atoms with E-state index in [-0.39, 0.29) is 0 Å². The molecule has 108 valence electrons. The van der Waals surface area contributed by atoms with E-state index in [1.165, 1.54) is 32.1 Å². The first-order valence-electron chi connectivity index (χ1n) is 7.64. The van der Waals surface area contributed by atoms with Gasteiger partial charge in [0.15, 0.2) is 0 Å². The Morgan fingerprint density at radius 1 is 0.889 bits per heavy atom. The number of rotatable bonds is 10. The van der Waals surface area contributed by atoms with Crippen LogP contribution >= 0.6 is 0 Å². The Bertz CT molecular complexity index is 200. The maximum Gasteiger partial charge on any atom is 0.504 e. The van der Waals surface area contributed by atoms with Gasteiger partial charge in [-0.15, -0.1) is 0 Å². The lowest BCUT2D eigenvalue weighted by Gasteiger charge is -2.44. The molecule has 0 bridgehead atoms. The van der Waals surface area contributed by atoms with Gasteiger partial charge in [0.25, 0.3) is 0 Å². The van der Waals surface area contributed by atoms with Crippen molar-refractivity contribution in [3.8, 4) is 0 Å². The maximum absolute atomic E-state index is 5.96. The zero-order valence-electron chi connectivity index (χ0n) is 12.5. The van der Waals surface area contributed by atoms with Crippen molar-refractivity contribution in [2.24, 2.45) is 5.92 Å². The molecule has 1 fully saturated rings. The van der Waals surface area contributed by atoms with E-state index in [1.54, 1.807) is 0 Å². The summed E-state index contributed by atoms with van der Waals surface area (Å²) >= 11 is 0. The lowest BCUT2D eigenvalue weighted by molar-refractivity contribution is 0.0408. The molecule has 1 aliphatic rings. The Morgan fingerprint density at radius 3 is 1.78 bits per heavy atom. The molecule has 3 nitrogen and oxygen atoms in total. The van der Waals surface area contributed by atoms with E-state index in [2.05, 4.69) is 6.92 Å². The third kappa shape index (κ3) is 4.05. The molecule has 4 heteroatoms. The van der Waals surface area contributed by atoms with Crippen LogP contribution in [0, 0.1) is 5.92 Å². The second-order valence-corrected chi connectivity index (χ2v) is 7.97. The summed E-state index contributed by atoms with van der Waals surface area (Å²) in [5.41, 5.74) is 0.541. The van der Waals surface area contributed by atoms with Gasteiger partial charge >= 0.3 is 8.80 Å². The second kappa shape index (κ2) is 8.30. The second-order valence-electron chi connectivity index (χ2n) is 5.08. The molecule has 0 aromatic heterocycles. The van der Waals surface area contributed by atoms with Crippen LogP contribution in [0.25, 0.3) is 0 Å². The summed E-state index contributed by atoms with van der Waals surface area (Å²) in [5.74, 6) is 0.878. The third-order valence-electron chi connectivity index (χ3n) is 3.74. The molecule has 18 heavy (non-hydrogen) atoms. The largest absolute Gasteiger partial charge is 0.504 e. The Hall–Kier alpha value is 0.0969. The van der Waals surface area contributed by atoms with Crippen molar-refractivity contribution in [1.29, 1.82) is 0 Å². The SMILES string of the molecule is CCCCC1CC([Si](OCC)(OCC)OCC)C1. The van der Waals surface area contributed by atoms with Crippen molar-refractivity contribution >= 4 is 8.80 Å². The van der Waals surface area contributed by atoms with Gasteiger partial charge in [-0.25, -0.2) is 0 Å². The molecule has 1 rings (SSSR count). The monoisotopic (exact) mass is 274 g/mol. The molecule has 0 aliphatic heterocycles. The van der Waals surface area contributed by atoms with E-state index in [9.17, 15) is 0 Å². The van der Waals surface area contributed by atoms with Gasteiger partial charge in [-0.1, -0.05) is 26.2 Å². The summed E-state index contributed by atoms with van der Waals surface area (Å²) in [4.78, 5) is 0. The quantitative estimate of drug-likeness (QED) is 0.563. The molecule has 1 aliphatic carbocycles. The van der Waals surface area contributed by atoms with E-state index in [1.807, 2.05) is 20.8 Å². The first kappa shape index (κ1) is 16.2. The third-order valence-corrected chi connectivity index (χ3v) is 7.28. The van der Waals surface area contributed by atoms with Crippen LogP contribution in [0.3, 0.4) is 0 Å². The highest BCUT2D eigenvalue weighted by Crippen LogP contribution is 2.48. The van der Waals surface area contributed by atoms with Gasteiger partial charge in [-0.3, -0.25) is 0 Å². The van der Waals surface area contributed by atoms with Crippen LogP contribution in [0.5, 0.6) is 0 Å². The standard InChI is InChI=1S/C14H30O3Si/c1-5-9-10-13-11-14(12-13)18(15-6-2,16-7-3)17-8-4/h13-14H,5-12H2,1-4H3. The fourth-order valence-electron chi connectivity index (χ4n) is 2.83. The van der Waals surface area contributed by atoms with Crippen molar-refractivity contribution in [1.82, 2.24) is 0 Å². The van der Waals surface area contributed by atoms with Gasteiger partial charge in [0.05, 0.1) is 0 Å². The summed E-state index contributed by atoms with van der Waals surface area (Å²) in [6.07, 6.45) is 6.50. The highest BCUT2D eigenvalue weighted by Gasteiger charge is 2.54. The minimum absolute atomic E-state index is 0.541. The summed E-state index contributed by atoms with van der Waals surface area (Å²) in [6.45, 7) is 10.5. The van der Waals surface area contributed by atoms with Crippen molar-refractivity contribution in [3.63, 3.8) is 0 Å². The number of hydrogen-bond acceptors (Lipinski definition) is 3. The van der Waals surface area contributed by atoms with Gasteiger partial charge in [-0.2, -0.15) is 0 Å². The molecular weight excluding hydrogens is 244 g/mol. The van der Waals surface area contributed by atoms with Crippen LogP contribution in [0.15, 0.2) is 0 Å². The van der Waals surface area contributed by atoms with Gasteiger partial charge in [0.1, 0.15) is 0 Å². The first-order chi connectivity index (χ1) is 8.72. The summed E-state index contributed by atoms with van der Waals surface area (Å²) in [6, 6.07) is 0. The summed E-state index contributed by atoms with van der Waals surface area (Å²) in [5, 5.41) is 0. The Morgan fingerprint density at radius 2 is 1.39 bits per heavy atom. The van der Waals surface area contributed by atoms with Crippen LogP contribution in [0.2, 0.25) is 5.54 Å². The molecule has 1 saturated carbocycles. The molecule has 0 saturated heterocycles. The molecule has 0 aromatic rings. The zero-order chi connectivity index (χ0) is 13.4. The molecule has 0 unspecified atom stereocenters. The van der Waals surface area contributed by atoms with Crippen LogP contribution in [-0.4, -0.2) is 28.6 Å². The van der Waals surface area contributed by atoms with Crippen molar-refractivity contribution in [3.05, 3.63) is 0 Å². The van der Waals surface area contributed by atoms with Crippen LogP contribution < -0.4 is 0 Å². The molecular formula is C14H30O3Si. The van der Waals surface area contributed by atoms with E-state index >= 15 is 0 Å². The highest BCUT2D eigenvalue weighted by molar-refractivity contribution is 6.62. The van der Waals surface area contributed by atoms with Gasteiger partial charge in [0, 0.05) is 25.4 Å². The fraction of sp³-hybridized carbons (Fsp3) is 1.00. The van der Waals surface area contributed by atoms with Crippen molar-refractivity contribution in [2.75, 3.05) is 19.8 Å². The van der Waals surface area contributed by atoms with E-state index < -0.39 is 8.80 Å². The van der Waals surface area contributed by atoms with E-state index in [4.69, 9.17) is 13.3 Å². The lowest BCUT2D eigenvalue weighted by Crippen LogP contribution is -2.54. The van der Waals surface area contributed by atoms with E-state index in [0.717, 1.165) is 5.92 Å².